The number of carbonyl (C=O) groups is 1. The van der Waals surface area contributed by atoms with Crippen molar-refractivity contribution in [1.82, 2.24) is 19.6 Å². The van der Waals surface area contributed by atoms with Gasteiger partial charge in [0.15, 0.2) is 18.1 Å². The molecule has 0 saturated carbocycles. The Bertz CT molecular complexity index is 667. The summed E-state index contributed by atoms with van der Waals surface area (Å²) in [6.07, 6.45) is 3.76. The lowest BCUT2D eigenvalue weighted by molar-refractivity contribution is -0.135. The van der Waals surface area contributed by atoms with Gasteiger partial charge in [0.25, 0.3) is 5.91 Å². The fourth-order valence-corrected chi connectivity index (χ4v) is 2.87. The van der Waals surface area contributed by atoms with Crippen LogP contribution in [0.2, 0.25) is 0 Å². The SMILES string of the molecule is COc1ccccc1OCC(=O)N1CCN(CCn2cccn2)CC1. The third kappa shape index (κ3) is 4.73. The highest BCUT2D eigenvalue weighted by Crippen LogP contribution is 2.25. The van der Waals surface area contributed by atoms with E-state index in [1.165, 1.54) is 0 Å². The Balaban J connectivity index is 1.40. The number of carbonyl (C=O) groups excluding carboxylic acids is 1. The van der Waals surface area contributed by atoms with Crippen molar-refractivity contribution in [1.29, 1.82) is 0 Å². The molecule has 2 aromatic rings. The fraction of sp³-hybridized carbons (Fsp3) is 0.444. The predicted octanol–water partition coefficient (Wildman–Crippen LogP) is 1.11. The van der Waals surface area contributed by atoms with Crippen LogP contribution in [0.4, 0.5) is 0 Å². The molecule has 1 aliphatic rings. The van der Waals surface area contributed by atoms with E-state index in [9.17, 15) is 4.79 Å². The van der Waals surface area contributed by atoms with E-state index in [0.717, 1.165) is 39.3 Å². The lowest BCUT2D eigenvalue weighted by Gasteiger charge is -2.34. The summed E-state index contributed by atoms with van der Waals surface area (Å²) < 4.78 is 12.8. The molecular formula is C18H24N4O3. The molecule has 1 aliphatic heterocycles. The molecule has 1 amide bonds. The number of nitrogens with zero attached hydrogens (tertiary/aromatic N) is 4. The van der Waals surface area contributed by atoms with Gasteiger partial charge in [-0.1, -0.05) is 12.1 Å². The standard InChI is InChI=1S/C18H24N4O3/c1-24-16-5-2-3-6-17(16)25-15-18(23)21-12-9-20(10-13-21)11-14-22-8-4-7-19-22/h2-8H,9-15H2,1H3. The highest BCUT2D eigenvalue weighted by atomic mass is 16.5. The van der Waals surface area contributed by atoms with Crippen molar-refractivity contribution in [2.24, 2.45) is 0 Å². The number of hydrogen-bond acceptors (Lipinski definition) is 5. The molecule has 0 atom stereocenters. The molecule has 1 aromatic carbocycles. The first-order chi connectivity index (χ1) is 12.3. The molecule has 7 heteroatoms. The molecule has 25 heavy (non-hydrogen) atoms. The summed E-state index contributed by atoms with van der Waals surface area (Å²) in [6.45, 7) is 5.07. The Labute approximate surface area is 147 Å². The molecule has 0 spiro atoms. The molecule has 1 fully saturated rings. The zero-order valence-electron chi connectivity index (χ0n) is 14.5. The van der Waals surface area contributed by atoms with E-state index in [0.29, 0.717) is 11.5 Å². The fourth-order valence-electron chi connectivity index (χ4n) is 2.87. The predicted molar refractivity (Wildman–Crippen MR) is 93.7 cm³/mol. The van der Waals surface area contributed by atoms with Crippen LogP contribution in [0, 0.1) is 0 Å². The summed E-state index contributed by atoms with van der Waals surface area (Å²) in [5, 5.41) is 4.21. The molecular weight excluding hydrogens is 320 g/mol. The second-order valence-electron chi connectivity index (χ2n) is 5.93. The molecule has 1 aromatic heterocycles. The van der Waals surface area contributed by atoms with E-state index in [2.05, 4.69) is 10.00 Å². The van der Waals surface area contributed by atoms with E-state index in [1.54, 1.807) is 19.4 Å². The Morgan fingerprint density at radius 2 is 1.84 bits per heavy atom. The minimum absolute atomic E-state index is 0.0117. The van der Waals surface area contributed by atoms with E-state index in [4.69, 9.17) is 9.47 Å². The number of methoxy groups -OCH3 is 1. The highest BCUT2D eigenvalue weighted by molar-refractivity contribution is 5.78. The van der Waals surface area contributed by atoms with Gasteiger partial charge in [0, 0.05) is 45.1 Å². The van der Waals surface area contributed by atoms with Crippen LogP contribution in [0.3, 0.4) is 0 Å². The molecule has 0 bridgehead atoms. The lowest BCUT2D eigenvalue weighted by Crippen LogP contribution is -2.50. The quantitative estimate of drug-likeness (QED) is 0.753. The Morgan fingerprint density at radius 1 is 1.08 bits per heavy atom. The summed E-state index contributed by atoms with van der Waals surface area (Å²) in [5.74, 6) is 1.24. The molecule has 0 aliphatic carbocycles. The highest BCUT2D eigenvalue weighted by Gasteiger charge is 2.21. The first kappa shape index (κ1) is 17.3. The summed E-state index contributed by atoms with van der Waals surface area (Å²) in [5.41, 5.74) is 0. The van der Waals surface area contributed by atoms with Crippen molar-refractivity contribution in [3.63, 3.8) is 0 Å². The van der Waals surface area contributed by atoms with Crippen LogP contribution < -0.4 is 9.47 Å². The van der Waals surface area contributed by atoms with Crippen molar-refractivity contribution in [3.05, 3.63) is 42.7 Å². The van der Waals surface area contributed by atoms with Crippen LogP contribution in [0.25, 0.3) is 0 Å². The van der Waals surface area contributed by atoms with Crippen LogP contribution in [0.1, 0.15) is 0 Å². The van der Waals surface area contributed by atoms with Crippen molar-refractivity contribution in [2.45, 2.75) is 6.54 Å². The number of aromatic nitrogens is 2. The normalized spacial score (nSPS) is 15.2. The zero-order valence-corrected chi connectivity index (χ0v) is 14.5. The average molecular weight is 344 g/mol. The van der Waals surface area contributed by atoms with Crippen molar-refractivity contribution in [3.8, 4) is 11.5 Å². The maximum Gasteiger partial charge on any atom is 0.260 e. The summed E-state index contributed by atoms with van der Waals surface area (Å²) in [6, 6.07) is 9.28. The largest absolute Gasteiger partial charge is 0.493 e. The Morgan fingerprint density at radius 3 is 2.52 bits per heavy atom. The van der Waals surface area contributed by atoms with Gasteiger partial charge in [-0.15, -0.1) is 0 Å². The van der Waals surface area contributed by atoms with E-state index in [1.807, 2.05) is 40.0 Å². The van der Waals surface area contributed by atoms with Gasteiger partial charge in [-0.25, -0.2) is 0 Å². The number of hydrogen-bond donors (Lipinski definition) is 0. The van der Waals surface area contributed by atoms with Crippen LogP contribution >= 0.6 is 0 Å². The Hall–Kier alpha value is -2.54. The van der Waals surface area contributed by atoms with Gasteiger partial charge in [-0.05, 0) is 18.2 Å². The molecule has 0 radical (unpaired) electrons. The van der Waals surface area contributed by atoms with Gasteiger partial charge < -0.3 is 14.4 Å². The minimum atomic E-state index is 0.0117. The van der Waals surface area contributed by atoms with E-state index < -0.39 is 0 Å². The summed E-state index contributed by atoms with van der Waals surface area (Å²) >= 11 is 0. The molecule has 7 nitrogen and oxygen atoms in total. The number of para-hydroxylation sites is 2. The number of rotatable bonds is 7. The van der Waals surface area contributed by atoms with E-state index in [-0.39, 0.29) is 12.5 Å². The van der Waals surface area contributed by atoms with Gasteiger partial charge >= 0.3 is 0 Å². The molecule has 3 rings (SSSR count). The first-order valence-corrected chi connectivity index (χ1v) is 8.49. The van der Waals surface area contributed by atoms with Gasteiger partial charge in [-0.2, -0.15) is 5.10 Å². The lowest BCUT2D eigenvalue weighted by atomic mass is 10.3. The molecule has 2 heterocycles. The van der Waals surface area contributed by atoms with Crippen LogP contribution in [-0.4, -0.2) is 71.9 Å². The number of ether oxygens (including phenoxy) is 2. The average Bonchev–Trinajstić information content (AvgIpc) is 3.18. The van der Waals surface area contributed by atoms with Gasteiger partial charge in [0.05, 0.1) is 13.7 Å². The van der Waals surface area contributed by atoms with Crippen LogP contribution in [0.15, 0.2) is 42.7 Å². The topological polar surface area (TPSA) is 59.8 Å². The van der Waals surface area contributed by atoms with Crippen molar-refractivity contribution < 1.29 is 14.3 Å². The smallest absolute Gasteiger partial charge is 0.260 e. The summed E-state index contributed by atoms with van der Waals surface area (Å²) in [7, 11) is 1.59. The molecule has 0 N–H and O–H groups in total. The number of amides is 1. The zero-order chi connectivity index (χ0) is 17.5. The van der Waals surface area contributed by atoms with Crippen molar-refractivity contribution in [2.75, 3.05) is 46.4 Å². The third-order valence-electron chi connectivity index (χ3n) is 4.35. The van der Waals surface area contributed by atoms with Gasteiger partial charge in [0.1, 0.15) is 0 Å². The molecule has 0 unspecified atom stereocenters. The first-order valence-electron chi connectivity index (χ1n) is 8.49. The maximum atomic E-state index is 12.3. The van der Waals surface area contributed by atoms with Crippen LogP contribution in [0.5, 0.6) is 11.5 Å². The third-order valence-corrected chi connectivity index (χ3v) is 4.35. The molecule has 1 saturated heterocycles. The maximum absolute atomic E-state index is 12.3. The molecule has 134 valence electrons. The Kier molecular flexibility index (Phi) is 5.90. The van der Waals surface area contributed by atoms with E-state index >= 15 is 0 Å². The van der Waals surface area contributed by atoms with Crippen molar-refractivity contribution >= 4 is 5.91 Å². The van der Waals surface area contributed by atoms with Gasteiger partial charge in [-0.3, -0.25) is 14.4 Å². The summed E-state index contributed by atoms with van der Waals surface area (Å²) in [4.78, 5) is 16.6. The number of benzene rings is 1. The van der Waals surface area contributed by atoms with Crippen LogP contribution in [-0.2, 0) is 11.3 Å². The minimum Gasteiger partial charge on any atom is -0.493 e. The number of piperazine rings is 1. The van der Waals surface area contributed by atoms with Gasteiger partial charge in [0.2, 0.25) is 0 Å². The second kappa shape index (κ2) is 8.53. The second-order valence-corrected chi connectivity index (χ2v) is 5.93. The monoisotopic (exact) mass is 344 g/mol.